The molecule has 5 nitrogen and oxygen atoms in total. The van der Waals surface area contributed by atoms with E-state index >= 15 is 0 Å². The maximum Gasteiger partial charge on any atom is 0.308 e. The van der Waals surface area contributed by atoms with Gasteiger partial charge in [0.2, 0.25) is 5.91 Å². The fourth-order valence-electron chi connectivity index (χ4n) is 2.28. The van der Waals surface area contributed by atoms with Crippen LogP contribution in [0, 0.1) is 5.92 Å². The molecule has 1 amide bonds. The standard InChI is InChI=1S/C10H16N2O3/c13-9(8-2-1-4-11-8)12-5-3-7(6-12)10(14)15/h7-8,11H,1-6H2,(H,14,15). The molecule has 0 aromatic heterocycles. The van der Waals surface area contributed by atoms with Gasteiger partial charge in [0.1, 0.15) is 0 Å². The molecule has 2 saturated heterocycles. The molecule has 0 aromatic carbocycles. The molecule has 84 valence electrons. The van der Waals surface area contributed by atoms with Crippen LogP contribution in [0.2, 0.25) is 0 Å². The van der Waals surface area contributed by atoms with Crippen molar-refractivity contribution >= 4 is 11.9 Å². The Balaban J connectivity index is 1.89. The summed E-state index contributed by atoms with van der Waals surface area (Å²) in [7, 11) is 0. The Morgan fingerprint density at radius 2 is 2.13 bits per heavy atom. The summed E-state index contributed by atoms with van der Waals surface area (Å²) >= 11 is 0. The summed E-state index contributed by atoms with van der Waals surface area (Å²) in [4.78, 5) is 24.3. The highest BCUT2D eigenvalue weighted by Crippen LogP contribution is 2.19. The van der Waals surface area contributed by atoms with E-state index in [1.165, 1.54) is 0 Å². The third kappa shape index (κ3) is 2.12. The lowest BCUT2D eigenvalue weighted by atomic mass is 10.1. The maximum absolute atomic E-state index is 11.9. The first-order chi connectivity index (χ1) is 7.18. The van der Waals surface area contributed by atoms with Gasteiger partial charge in [-0.2, -0.15) is 0 Å². The molecule has 0 saturated carbocycles. The molecule has 5 heteroatoms. The first kappa shape index (κ1) is 10.4. The van der Waals surface area contributed by atoms with Crippen molar-refractivity contribution in [1.82, 2.24) is 10.2 Å². The molecule has 0 aromatic rings. The summed E-state index contributed by atoms with van der Waals surface area (Å²) in [5.74, 6) is -1.07. The number of carboxylic acid groups (broad SMARTS) is 1. The zero-order valence-corrected chi connectivity index (χ0v) is 8.61. The molecule has 0 spiro atoms. The molecular formula is C10H16N2O3. The van der Waals surface area contributed by atoms with Crippen molar-refractivity contribution in [2.75, 3.05) is 19.6 Å². The molecule has 0 aliphatic carbocycles. The van der Waals surface area contributed by atoms with Gasteiger partial charge in [-0.3, -0.25) is 9.59 Å². The van der Waals surface area contributed by atoms with Gasteiger partial charge in [0.25, 0.3) is 0 Å². The molecule has 2 rings (SSSR count). The molecule has 0 bridgehead atoms. The van der Waals surface area contributed by atoms with Crippen LogP contribution in [-0.2, 0) is 9.59 Å². The van der Waals surface area contributed by atoms with Crippen LogP contribution in [0.4, 0.5) is 0 Å². The molecule has 2 fully saturated rings. The van der Waals surface area contributed by atoms with Crippen molar-refractivity contribution in [2.45, 2.75) is 25.3 Å². The number of carboxylic acids is 1. The summed E-state index contributed by atoms with van der Waals surface area (Å²) < 4.78 is 0. The summed E-state index contributed by atoms with van der Waals surface area (Å²) in [6, 6.07) is -0.0717. The van der Waals surface area contributed by atoms with Gasteiger partial charge in [0.15, 0.2) is 0 Å². The molecule has 2 atom stereocenters. The van der Waals surface area contributed by atoms with Crippen LogP contribution in [0.15, 0.2) is 0 Å². The molecule has 2 N–H and O–H groups in total. The van der Waals surface area contributed by atoms with Gasteiger partial charge in [-0.1, -0.05) is 0 Å². The number of aliphatic carboxylic acids is 1. The van der Waals surface area contributed by atoms with E-state index in [9.17, 15) is 9.59 Å². The number of rotatable bonds is 2. The number of carbonyl (C=O) groups is 2. The SMILES string of the molecule is O=C(O)C1CCN(C(=O)C2CCCN2)C1. The van der Waals surface area contributed by atoms with Gasteiger partial charge in [-0.15, -0.1) is 0 Å². The Hall–Kier alpha value is -1.10. The molecule has 2 aliphatic rings. The van der Waals surface area contributed by atoms with Crippen LogP contribution in [0.1, 0.15) is 19.3 Å². The first-order valence-corrected chi connectivity index (χ1v) is 5.43. The highest BCUT2D eigenvalue weighted by molar-refractivity contribution is 5.83. The minimum absolute atomic E-state index is 0.0717. The van der Waals surface area contributed by atoms with Crippen LogP contribution < -0.4 is 5.32 Å². The Kier molecular flexibility index (Phi) is 2.90. The Bertz CT molecular complexity index is 274. The number of carbonyl (C=O) groups excluding carboxylic acids is 1. The quantitative estimate of drug-likeness (QED) is 0.657. The van der Waals surface area contributed by atoms with Gasteiger partial charge >= 0.3 is 5.97 Å². The molecule has 2 unspecified atom stereocenters. The minimum atomic E-state index is -0.787. The first-order valence-electron chi connectivity index (χ1n) is 5.43. The largest absolute Gasteiger partial charge is 0.481 e. The lowest BCUT2D eigenvalue weighted by Gasteiger charge is -2.20. The van der Waals surface area contributed by atoms with Gasteiger partial charge in [-0.25, -0.2) is 0 Å². The highest BCUT2D eigenvalue weighted by atomic mass is 16.4. The average Bonchev–Trinajstić information content (AvgIpc) is 2.88. The van der Waals surface area contributed by atoms with Crippen molar-refractivity contribution in [3.63, 3.8) is 0 Å². The van der Waals surface area contributed by atoms with Crippen LogP contribution in [0.25, 0.3) is 0 Å². The van der Waals surface area contributed by atoms with E-state index in [-0.39, 0.29) is 17.9 Å². The number of nitrogens with one attached hydrogen (secondary N) is 1. The van der Waals surface area contributed by atoms with Crippen molar-refractivity contribution in [2.24, 2.45) is 5.92 Å². The van der Waals surface area contributed by atoms with E-state index < -0.39 is 5.97 Å². The fourth-order valence-corrected chi connectivity index (χ4v) is 2.28. The van der Waals surface area contributed by atoms with Crippen molar-refractivity contribution in [3.8, 4) is 0 Å². The molecule has 0 radical (unpaired) electrons. The third-order valence-corrected chi connectivity index (χ3v) is 3.21. The zero-order valence-electron chi connectivity index (χ0n) is 8.61. The summed E-state index contributed by atoms with van der Waals surface area (Å²) in [5, 5.41) is 12.0. The lowest BCUT2D eigenvalue weighted by Crippen LogP contribution is -2.42. The van der Waals surface area contributed by atoms with Crippen LogP contribution in [0.3, 0.4) is 0 Å². The van der Waals surface area contributed by atoms with Crippen LogP contribution >= 0.6 is 0 Å². The van der Waals surface area contributed by atoms with Gasteiger partial charge in [-0.05, 0) is 25.8 Å². The average molecular weight is 212 g/mol. The maximum atomic E-state index is 11.9. The number of likely N-dealkylation sites (tertiary alicyclic amines) is 1. The van der Waals surface area contributed by atoms with Gasteiger partial charge < -0.3 is 15.3 Å². The second kappa shape index (κ2) is 4.18. The molecule has 15 heavy (non-hydrogen) atoms. The number of nitrogens with zero attached hydrogens (tertiary/aromatic N) is 1. The Labute approximate surface area is 88.4 Å². The summed E-state index contributed by atoms with van der Waals surface area (Å²) in [5.41, 5.74) is 0. The monoisotopic (exact) mass is 212 g/mol. The number of hydrogen-bond donors (Lipinski definition) is 2. The van der Waals surface area contributed by atoms with E-state index in [0.29, 0.717) is 19.5 Å². The predicted octanol–water partition coefficient (Wildman–Crippen LogP) is -0.329. The topological polar surface area (TPSA) is 69.6 Å². The van der Waals surface area contributed by atoms with Crippen LogP contribution in [0.5, 0.6) is 0 Å². The fraction of sp³-hybridized carbons (Fsp3) is 0.800. The predicted molar refractivity (Wildman–Crippen MR) is 53.3 cm³/mol. The van der Waals surface area contributed by atoms with E-state index in [2.05, 4.69) is 5.32 Å². The van der Waals surface area contributed by atoms with E-state index in [1.54, 1.807) is 4.90 Å². The number of amides is 1. The normalized spacial score (nSPS) is 30.8. The molecular weight excluding hydrogens is 196 g/mol. The Morgan fingerprint density at radius 3 is 2.67 bits per heavy atom. The Morgan fingerprint density at radius 1 is 1.33 bits per heavy atom. The lowest BCUT2D eigenvalue weighted by molar-refractivity contribution is -0.141. The van der Waals surface area contributed by atoms with Crippen molar-refractivity contribution < 1.29 is 14.7 Å². The van der Waals surface area contributed by atoms with Crippen LogP contribution in [-0.4, -0.2) is 47.6 Å². The van der Waals surface area contributed by atoms with Gasteiger partial charge in [0, 0.05) is 13.1 Å². The van der Waals surface area contributed by atoms with Crippen molar-refractivity contribution in [1.29, 1.82) is 0 Å². The van der Waals surface area contributed by atoms with E-state index in [4.69, 9.17) is 5.11 Å². The second-order valence-electron chi connectivity index (χ2n) is 4.26. The summed E-state index contributed by atoms with van der Waals surface area (Å²) in [6.07, 6.45) is 2.51. The van der Waals surface area contributed by atoms with Crippen molar-refractivity contribution in [3.05, 3.63) is 0 Å². The van der Waals surface area contributed by atoms with E-state index in [1.807, 2.05) is 0 Å². The molecule has 2 aliphatic heterocycles. The summed E-state index contributed by atoms with van der Waals surface area (Å²) in [6.45, 7) is 1.87. The van der Waals surface area contributed by atoms with E-state index in [0.717, 1.165) is 19.4 Å². The number of hydrogen-bond acceptors (Lipinski definition) is 3. The second-order valence-corrected chi connectivity index (χ2v) is 4.26. The smallest absolute Gasteiger partial charge is 0.308 e. The molecule has 2 heterocycles. The highest BCUT2D eigenvalue weighted by Gasteiger charge is 2.34. The zero-order chi connectivity index (χ0) is 10.8. The minimum Gasteiger partial charge on any atom is -0.481 e. The van der Waals surface area contributed by atoms with Gasteiger partial charge in [0.05, 0.1) is 12.0 Å². The third-order valence-electron chi connectivity index (χ3n) is 3.21.